The molecule has 0 aromatic carbocycles. The van der Waals surface area contributed by atoms with Crippen molar-refractivity contribution in [2.75, 3.05) is 14.2 Å². The van der Waals surface area contributed by atoms with Gasteiger partial charge in [-0.2, -0.15) is 0 Å². The molecule has 1 unspecified atom stereocenters. The van der Waals surface area contributed by atoms with Gasteiger partial charge in [0.25, 0.3) is 5.91 Å². The van der Waals surface area contributed by atoms with Crippen LogP contribution in [0.2, 0.25) is 5.15 Å². The Balaban J connectivity index is 1.80. The Morgan fingerprint density at radius 2 is 2.11 bits per heavy atom. The lowest BCUT2D eigenvalue weighted by Crippen LogP contribution is -2.51. The second-order valence-electron chi connectivity index (χ2n) is 7.27. The summed E-state index contributed by atoms with van der Waals surface area (Å²) in [5.74, 6) is -1.24. The van der Waals surface area contributed by atoms with E-state index in [1.165, 1.54) is 20.5 Å². The van der Waals surface area contributed by atoms with Crippen LogP contribution >= 0.6 is 11.6 Å². The number of carbonyl (C=O) groups is 1. The van der Waals surface area contributed by atoms with Crippen LogP contribution in [0.5, 0.6) is 0 Å². The van der Waals surface area contributed by atoms with Crippen molar-refractivity contribution >= 4 is 28.5 Å². The van der Waals surface area contributed by atoms with E-state index in [1.54, 1.807) is 16.8 Å². The number of halogens is 1. The molecule has 4 rings (SSSR count). The normalized spacial score (nSPS) is 32.0. The number of ether oxygens (including phenoxy) is 3. The highest BCUT2D eigenvalue weighted by Crippen LogP contribution is 2.51. The molecule has 9 nitrogen and oxygen atoms in total. The van der Waals surface area contributed by atoms with Crippen molar-refractivity contribution in [3.63, 3.8) is 0 Å². The minimum Gasteiger partial charge on any atom is -0.339 e. The van der Waals surface area contributed by atoms with Crippen molar-refractivity contribution in [2.24, 2.45) is 0 Å². The van der Waals surface area contributed by atoms with Gasteiger partial charge in [0, 0.05) is 13.2 Å². The van der Waals surface area contributed by atoms with Gasteiger partial charge in [-0.15, -0.1) is 0 Å². The van der Waals surface area contributed by atoms with E-state index in [0.717, 1.165) is 5.06 Å². The number of rotatable bonds is 3. The lowest BCUT2D eigenvalue weighted by atomic mass is 9.94. The van der Waals surface area contributed by atoms with Crippen molar-refractivity contribution in [1.29, 1.82) is 0 Å². The Labute approximate surface area is 161 Å². The van der Waals surface area contributed by atoms with Gasteiger partial charge in [0.15, 0.2) is 18.1 Å². The number of nitrogens with zero attached hydrogens (tertiary/aromatic N) is 4. The first-order valence-electron chi connectivity index (χ1n) is 8.50. The Morgan fingerprint density at radius 3 is 2.81 bits per heavy atom. The molecule has 0 aliphatic carbocycles. The average Bonchev–Trinajstić information content (AvgIpc) is 3.21. The molecule has 2 saturated heterocycles. The van der Waals surface area contributed by atoms with Crippen LogP contribution in [0, 0.1) is 0 Å². The van der Waals surface area contributed by atoms with Gasteiger partial charge < -0.3 is 18.8 Å². The SMILES string of the molecule is CON(C)C(=O)[C@H]1OC(n2ccc3c(Cl)ncnc32)[C@@H]2OC(C)(C)O[C@]12C. The molecule has 2 aliphatic heterocycles. The van der Waals surface area contributed by atoms with E-state index in [0.29, 0.717) is 16.2 Å². The molecule has 2 aliphatic rings. The second-order valence-corrected chi connectivity index (χ2v) is 7.63. The number of likely N-dealkylation sites (N-methyl/N-ethyl adjacent to an activating group) is 1. The first-order chi connectivity index (χ1) is 12.7. The van der Waals surface area contributed by atoms with Crippen molar-refractivity contribution < 1.29 is 23.8 Å². The Kier molecular flexibility index (Phi) is 4.21. The molecular weight excluding hydrogens is 376 g/mol. The van der Waals surface area contributed by atoms with Gasteiger partial charge in [-0.3, -0.25) is 9.63 Å². The zero-order valence-electron chi connectivity index (χ0n) is 15.7. The quantitative estimate of drug-likeness (QED) is 0.578. The number of amides is 1. The predicted octanol–water partition coefficient (Wildman–Crippen LogP) is 1.91. The molecule has 2 fully saturated rings. The van der Waals surface area contributed by atoms with Crippen LogP contribution in [0.3, 0.4) is 0 Å². The average molecular weight is 397 g/mol. The van der Waals surface area contributed by atoms with Crippen LogP contribution in [-0.4, -0.2) is 63.3 Å². The third kappa shape index (κ3) is 2.73. The summed E-state index contributed by atoms with van der Waals surface area (Å²) < 4.78 is 20.2. The first kappa shape index (κ1) is 18.6. The summed E-state index contributed by atoms with van der Waals surface area (Å²) >= 11 is 6.16. The highest BCUT2D eigenvalue weighted by Gasteiger charge is 2.66. The molecule has 27 heavy (non-hydrogen) atoms. The van der Waals surface area contributed by atoms with E-state index in [-0.39, 0.29) is 5.91 Å². The molecule has 4 atom stereocenters. The summed E-state index contributed by atoms with van der Waals surface area (Å²) in [7, 11) is 2.94. The topological polar surface area (TPSA) is 87.9 Å². The highest BCUT2D eigenvalue weighted by molar-refractivity contribution is 6.33. The van der Waals surface area contributed by atoms with Crippen LogP contribution in [0.1, 0.15) is 27.0 Å². The third-order valence-electron chi connectivity index (χ3n) is 5.04. The number of hydrogen-bond donors (Lipinski definition) is 0. The highest BCUT2D eigenvalue weighted by atomic mass is 35.5. The Bertz CT molecular complexity index is 903. The molecule has 1 amide bonds. The molecule has 0 saturated carbocycles. The molecular formula is C17H21ClN4O5. The number of hydroxylamine groups is 2. The maximum Gasteiger partial charge on any atom is 0.278 e. The van der Waals surface area contributed by atoms with Crippen LogP contribution < -0.4 is 0 Å². The second kappa shape index (κ2) is 6.11. The maximum atomic E-state index is 12.9. The minimum absolute atomic E-state index is 0.343. The molecule has 10 heteroatoms. The van der Waals surface area contributed by atoms with Gasteiger partial charge in [-0.25, -0.2) is 15.0 Å². The summed E-state index contributed by atoms with van der Waals surface area (Å²) in [4.78, 5) is 26.2. The summed E-state index contributed by atoms with van der Waals surface area (Å²) in [6, 6.07) is 1.80. The fourth-order valence-electron chi connectivity index (χ4n) is 3.84. The molecule has 0 bridgehead atoms. The van der Waals surface area contributed by atoms with Crippen molar-refractivity contribution in [2.45, 2.75) is 50.6 Å². The first-order valence-corrected chi connectivity index (χ1v) is 8.88. The van der Waals surface area contributed by atoms with Gasteiger partial charge >= 0.3 is 0 Å². The Hall–Kier alpha value is -1.78. The maximum absolute atomic E-state index is 12.9. The van der Waals surface area contributed by atoms with Crippen molar-refractivity contribution in [1.82, 2.24) is 19.6 Å². The summed E-state index contributed by atoms with van der Waals surface area (Å²) in [6.45, 7) is 5.43. The molecule has 146 valence electrons. The van der Waals surface area contributed by atoms with Gasteiger partial charge in [0.1, 0.15) is 28.8 Å². The number of carbonyl (C=O) groups excluding carboxylic acids is 1. The zero-order chi connectivity index (χ0) is 19.6. The van der Waals surface area contributed by atoms with Crippen LogP contribution in [0.15, 0.2) is 18.6 Å². The smallest absolute Gasteiger partial charge is 0.278 e. The van der Waals surface area contributed by atoms with Gasteiger partial charge in [-0.1, -0.05) is 11.6 Å². The fraction of sp³-hybridized carbons (Fsp3) is 0.588. The van der Waals surface area contributed by atoms with Crippen molar-refractivity contribution in [3.05, 3.63) is 23.7 Å². The Morgan fingerprint density at radius 1 is 1.37 bits per heavy atom. The zero-order valence-corrected chi connectivity index (χ0v) is 16.4. The largest absolute Gasteiger partial charge is 0.339 e. The number of hydrogen-bond acceptors (Lipinski definition) is 7. The minimum atomic E-state index is -1.01. The number of fused-ring (bicyclic) bond motifs is 2. The van der Waals surface area contributed by atoms with Crippen molar-refractivity contribution in [3.8, 4) is 0 Å². The summed E-state index contributed by atoms with van der Waals surface area (Å²) in [5, 5.41) is 2.15. The standard InChI is InChI=1S/C17H21ClN4O5/c1-16(2)26-11-15(22-7-6-9-12(18)19-8-20-13(9)22)25-10(17(11,3)27-16)14(23)21(4)24-5/h6-8,10-11,15H,1-5H3/t10-,11+,15?,17-/m1/s1. The van der Waals surface area contributed by atoms with E-state index in [9.17, 15) is 4.79 Å². The van der Waals surface area contributed by atoms with Gasteiger partial charge in [0.2, 0.25) is 0 Å². The van der Waals surface area contributed by atoms with Gasteiger partial charge in [0.05, 0.1) is 12.5 Å². The van der Waals surface area contributed by atoms with E-state index in [1.807, 2.05) is 20.8 Å². The molecule has 0 radical (unpaired) electrons. The molecule has 2 aromatic rings. The fourth-order valence-corrected chi connectivity index (χ4v) is 4.03. The third-order valence-corrected chi connectivity index (χ3v) is 5.34. The van der Waals surface area contributed by atoms with E-state index < -0.39 is 29.8 Å². The van der Waals surface area contributed by atoms with E-state index in [2.05, 4.69) is 9.97 Å². The summed E-state index contributed by atoms with van der Waals surface area (Å²) in [5.41, 5.74) is -0.422. The van der Waals surface area contributed by atoms with Crippen LogP contribution in [0.4, 0.5) is 0 Å². The van der Waals surface area contributed by atoms with Crippen LogP contribution in [0.25, 0.3) is 11.0 Å². The lowest BCUT2D eigenvalue weighted by molar-refractivity contribution is -0.222. The van der Waals surface area contributed by atoms with Gasteiger partial charge in [-0.05, 0) is 26.8 Å². The molecule has 0 spiro atoms. The molecule has 0 N–H and O–H groups in total. The summed E-state index contributed by atoms with van der Waals surface area (Å²) in [6.07, 6.45) is 1.06. The number of aromatic nitrogens is 3. The predicted molar refractivity (Wildman–Crippen MR) is 94.7 cm³/mol. The van der Waals surface area contributed by atoms with Crippen LogP contribution in [-0.2, 0) is 23.8 Å². The van der Waals surface area contributed by atoms with E-state index in [4.69, 9.17) is 30.6 Å². The monoisotopic (exact) mass is 396 g/mol. The molecule has 4 heterocycles. The van der Waals surface area contributed by atoms with E-state index >= 15 is 0 Å². The lowest BCUT2D eigenvalue weighted by Gasteiger charge is -2.30. The molecule has 2 aromatic heterocycles.